The van der Waals surface area contributed by atoms with E-state index in [1.807, 2.05) is 76.2 Å². The Morgan fingerprint density at radius 2 is 1.23 bits per heavy atom. The molecular formula is C19H24Br2NO3P. The molecule has 0 aliphatic carbocycles. The topological polar surface area (TPSA) is 47.6 Å². The quantitative estimate of drug-likeness (QED) is 0.381. The van der Waals surface area contributed by atoms with E-state index >= 15 is 0 Å². The Kier molecular flexibility index (Phi) is 7.92. The van der Waals surface area contributed by atoms with E-state index in [2.05, 4.69) is 37.2 Å². The van der Waals surface area contributed by atoms with Gasteiger partial charge in [-0.1, -0.05) is 44.0 Å². The maximum Gasteiger partial charge on any atom is 0.357 e. The first-order chi connectivity index (χ1) is 12.2. The third-order valence-corrected chi connectivity index (χ3v) is 6.91. The second kappa shape index (κ2) is 9.52. The molecule has 0 bridgehead atoms. The van der Waals surface area contributed by atoms with Crippen LogP contribution < -0.4 is 5.32 Å². The molecule has 0 aliphatic heterocycles. The van der Waals surface area contributed by atoms with Gasteiger partial charge in [-0.05, 0) is 69.7 Å². The highest BCUT2D eigenvalue weighted by Gasteiger charge is 2.39. The van der Waals surface area contributed by atoms with E-state index < -0.39 is 13.4 Å². The molecule has 0 saturated heterocycles. The molecule has 7 heteroatoms. The highest BCUT2D eigenvalue weighted by Crippen LogP contribution is 2.62. The van der Waals surface area contributed by atoms with Crippen LogP contribution in [0.1, 0.15) is 39.0 Å². The molecule has 0 aliphatic rings. The largest absolute Gasteiger partial charge is 0.368 e. The van der Waals surface area contributed by atoms with Crippen molar-refractivity contribution in [2.24, 2.45) is 0 Å². The summed E-state index contributed by atoms with van der Waals surface area (Å²) in [6, 6.07) is 15.4. The zero-order valence-electron chi connectivity index (χ0n) is 15.3. The van der Waals surface area contributed by atoms with Gasteiger partial charge in [0.05, 0.1) is 12.2 Å². The van der Waals surface area contributed by atoms with Crippen molar-refractivity contribution >= 4 is 45.1 Å². The number of benzene rings is 2. The second-order valence-electron chi connectivity index (χ2n) is 6.45. The summed E-state index contributed by atoms with van der Waals surface area (Å²) in [6.07, 6.45) is -0.464. The number of anilines is 1. The van der Waals surface area contributed by atoms with E-state index in [9.17, 15) is 4.57 Å². The van der Waals surface area contributed by atoms with E-state index in [-0.39, 0.29) is 12.2 Å². The molecule has 0 saturated carbocycles. The average Bonchev–Trinajstić information content (AvgIpc) is 2.53. The van der Waals surface area contributed by atoms with Crippen LogP contribution in [0.15, 0.2) is 57.5 Å². The Bertz CT molecular complexity index is 734. The van der Waals surface area contributed by atoms with Crippen molar-refractivity contribution in [1.82, 2.24) is 0 Å². The molecule has 0 heterocycles. The fourth-order valence-corrected chi connectivity index (χ4v) is 5.27. The summed E-state index contributed by atoms with van der Waals surface area (Å²) in [5.41, 5.74) is 1.67. The molecule has 0 radical (unpaired) electrons. The standard InChI is InChI=1S/C19H24Br2NO3P/c1-13(2)24-26(23,25-14(3)4)19(15-5-7-16(20)8-6-15)22-18-11-9-17(21)10-12-18/h5-14,19,22H,1-4H3. The maximum atomic E-state index is 13.8. The maximum absolute atomic E-state index is 13.8. The fraction of sp³-hybridized carbons (Fsp3) is 0.368. The summed E-state index contributed by atoms with van der Waals surface area (Å²) in [5.74, 6) is -0.624. The minimum atomic E-state index is -3.49. The molecule has 2 rings (SSSR count). The van der Waals surface area contributed by atoms with E-state index in [1.54, 1.807) is 0 Å². The number of rotatable bonds is 8. The SMILES string of the molecule is CC(C)OP(=O)(OC(C)C)C(Nc1ccc(Br)cc1)c1ccc(Br)cc1. The Morgan fingerprint density at radius 3 is 1.65 bits per heavy atom. The fourth-order valence-electron chi connectivity index (χ4n) is 2.43. The molecular weight excluding hydrogens is 481 g/mol. The van der Waals surface area contributed by atoms with Gasteiger partial charge in [-0.25, -0.2) is 0 Å². The average molecular weight is 505 g/mol. The molecule has 2 aromatic rings. The lowest BCUT2D eigenvalue weighted by Gasteiger charge is -2.31. The van der Waals surface area contributed by atoms with Crippen molar-refractivity contribution in [2.75, 3.05) is 5.32 Å². The molecule has 1 unspecified atom stereocenters. The predicted molar refractivity (Wildman–Crippen MR) is 115 cm³/mol. The van der Waals surface area contributed by atoms with Gasteiger partial charge in [-0.15, -0.1) is 0 Å². The monoisotopic (exact) mass is 503 g/mol. The lowest BCUT2D eigenvalue weighted by atomic mass is 10.2. The molecule has 26 heavy (non-hydrogen) atoms. The molecule has 142 valence electrons. The van der Waals surface area contributed by atoms with Gasteiger partial charge in [0.1, 0.15) is 0 Å². The van der Waals surface area contributed by atoms with Crippen LogP contribution in [0, 0.1) is 0 Å². The Hall–Kier alpha value is -0.650. The first-order valence-corrected chi connectivity index (χ1v) is 11.6. The summed E-state index contributed by atoms with van der Waals surface area (Å²) in [6.45, 7) is 7.42. The lowest BCUT2D eigenvalue weighted by Crippen LogP contribution is -2.19. The van der Waals surface area contributed by atoms with Gasteiger partial charge < -0.3 is 14.4 Å². The van der Waals surface area contributed by atoms with Crippen LogP contribution in [0.4, 0.5) is 5.69 Å². The molecule has 0 amide bonds. The van der Waals surface area contributed by atoms with Crippen LogP contribution in [0.25, 0.3) is 0 Å². The van der Waals surface area contributed by atoms with Crippen LogP contribution in [-0.4, -0.2) is 12.2 Å². The van der Waals surface area contributed by atoms with E-state index in [1.165, 1.54) is 0 Å². The van der Waals surface area contributed by atoms with Crippen molar-refractivity contribution < 1.29 is 13.6 Å². The first-order valence-electron chi connectivity index (χ1n) is 8.43. The van der Waals surface area contributed by atoms with Crippen molar-refractivity contribution in [3.05, 3.63) is 63.0 Å². The van der Waals surface area contributed by atoms with E-state index in [0.29, 0.717) is 0 Å². The highest BCUT2D eigenvalue weighted by atomic mass is 79.9. The molecule has 1 atom stereocenters. The van der Waals surface area contributed by atoms with Crippen molar-refractivity contribution in [2.45, 2.75) is 45.7 Å². The van der Waals surface area contributed by atoms with Gasteiger partial charge >= 0.3 is 7.60 Å². The summed E-state index contributed by atoms with van der Waals surface area (Å²) >= 11 is 6.88. The zero-order valence-corrected chi connectivity index (χ0v) is 19.3. The van der Waals surface area contributed by atoms with Gasteiger partial charge in [0, 0.05) is 14.6 Å². The van der Waals surface area contributed by atoms with Crippen LogP contribution in [-0.2, 0) is 13.6 Å². The number of halogens is 2. The van der Waals surface area contributed by atoms with Crippen molar-refractivity contribution in [1.29, 1.82) is 0 Å². The summed E-state index contributed by atoms with van der Waals surface area (Å²) in [5, 5.41) is 3.34. The Morgan fingerprint density at radius 1 is 0.808 bits per heavy atom. The lowest BCUT2D eigenvalue weighted by molar-refractivity contribution is 0.138. The highest BCUT2D eigenvalue weighted by molar-refractivity contribution is 9.10. The van der Waals surface area contributed by atoms with Gasteiger partial charge in [0.15, 0.2) is 5.78 Å². The number of hydrogen-bond acceptors (Lipinski definition) is 4. The molecule has 0 spiro atoms. The van der Waals surface area contributed by atoms with Crippen molar-refractivity contribution in [3.8, 4) is 0 Å². The predicted octanol–water partition coefficient (Wildman–Crippen LogP) is 7.37. The van der Waals surface area contributed by atoms with Gasteiger partial charge in [-0.2, -0.15) is 0 Å². The van der Waals surface area contributed by atoms with Crippen molar-refractivity contribution in [3.63, 3.8) is 0 Å². The summed E-state index contributed by atoms with van der Waals surface area (Å²) < 4.78 is 27.4. The van der Waals surface area contributed by atoms with Crippen LogP contribution in [0.2, 0.25) is 0 Å². The van der Waals surface area contributed by atoms with Crippen LogP contribution in [0.5, 0.6) is 0 Å². The van der Waals surface area contributed by atoms with E-state index in [0.717, 1.165) is 20.2 Å². The summed E-state index contributed by atoms with van der Waals surface area (Å²) in [4.78, 5) is 0. The second-order valence-corrected chi connectivity index (χ2v) is 10.3. The first kappa shape index (κ1) is 21.6. The Labute approximate surface area is 172 Å². The number of hydrogen-bond donors (Lipinski definition) is 1. The van der Waals surface area contributed by atoms with Crippen LogP contribution >= 0.6 is 39.5 Å². The Balaban J connectivity index is 2.47. The summed E-state index contributed by atoms with van der Waals surface area (Å²) in [7, 11) is -3.49. The minimum Gasteiger partial charge on any atom is -0.368 e. The molecule has 2 aromatic carbocycles. The van der Waals surface area contributed by atoms with Crippen LogP contribution in [0.3, 0.4) is 0 Å². The number of nitrogens with one attached hydrogen (secondary N) is 1. The molecule has 0 fully saturated rings. The van der Waals surface area contributed by atoms with E-state index in [4.69, 9.17) is 9.05 Å². The zero-order chi connectivity index (χ0) is 19.3. The van der Waals surface area contributed by atoms with Gasteiger partial charge in [0.25, 0.3) is 0 Å². The third kappa shape index (κ3) is 6.21. The molecule has 0 aromatic heterocycles. The third-order valence-electron chi connectivity index (χ3n) is 3.37. The normalized spacial score (nSPS) is 13.2. The van der Waals surface area contributed by atoms with Gasteiger partial charge in [-0.3, -0.25) is 4.57 Å². The molecule has 4 nitrogen and oxygen atoms in total. The smallest absolute Gasteiger partial charge is 0.357 e. The minimum absolute atomic E-state index is 0.232. The molecule has 1 N–H and O–H groups in total. The van der Waals surface area contributed by atoms with Gasteiger partial charge in [0.2, 0.25) is 0 Å².